The maximum absolute atomic E-state index is 10.0. The van der Waals surface area contributed by atoms with E-state index in [-0.39, 0.29) is 0 Å². The second-order valence-electron chi connectivity index (χ2n) is 17.1. The van der Waals surface area contributed by atoms with Crippen LogP contribution in [0.25, 0.3) is 0 Å². The predicted octanol–water partition coefficient (Wildman–Crippen LogP) is 12.8. The Morgan fingerprint density at radius 2 is 0.392 bits per heavy atom. The molecule has 0 aliphatic rings. The van der Waals surface area contributed by atoms with Crippen LogP contribution in [0, 0.1) is 139 Å². The van der Waals surface area contributed by atoms with Gasteiger partial charge in [-0.1, -0.05) is 107 Å². The topological polar surface area (TPSA) is 146 Å². The summed E-state index contributed by atoms with van der Waals surface area (Å²) in [6.45, 7) is 0. The van der Waals surface area contributed by atoms with E-state index in [1.54, 1.807) is 109 Å². The molecule has 9 aromatic rings. The van der Waals surface area contributed by atoms with E-state index < -0.39 is 0 Å². The minimum atomic E-state index is 0.380. The van der Waals surface area contributed by atoms with E-state index in [9.17, 15) is 31.6 Å². The molecular weight excluding hydrogens is 963 g/mol. The van der Waals surface area contributed by atoms with Crippen molar-refractivity contribution in [2.75, 3.05) is 4.90 Å². The van der Waals surface area contributed by atoms with Gasteiger partial charge in [0.15, 0.2) is 0 Å². The molecule has 9 aromatic carbocycles. The standard InChI is InChI=1S/C72H33N7/c73-46-64-10-4-1-7-58(64)31-16-55-19-34-61(67(43-55)49-76)28-13-52-22-37-70(38-23-52)79(71-39-24-53(25-40-71)14-29-62-35-20-56(44-68(62)50-77)17-32-59-8-2-5-11-65(59)47-74)72-41-26-54(27-42-72)15-30-63-36-21-57(45-69(63)51-78)18-33-60-9-3-6-12-66(60)48-75/h1-12,19-27,34-45H. The van der Waals surface area contributed by atoms with Crippen molar-refractivity contribution in [2.24, 2.45) is 0 Å². The lowest BCUT2D eigenvalue weighted by Gasteiger charge is -2.25. The van der Waals surface area contributed by atoms with Crippen LogP contribution in [0.3, 0.4) is 0 Å². The van der Waals surface area contributed by atoms with Crippen LogP contribution in [0.5, 0.6) is 0 Å². The van der Waals surface area contributed by atoms with Crippen LogP contribution >= 0.6 is 0 Å². The summed E-state index contributed by atoms with van der Waals surface area (Å²) in [5.41, 5.74) is 12.6. The molecule has 0 fully saturated rings. The van der Waals surface area contributed by atoms with Crippen LogP contribution in [0.15, 0.2) is 200 Å². The zero-order chi connectivity index (χ0) is 54.8. The molecule has 0 N–H and O–H groups in total. The Morgan fingerprint density at radius 1 is 0.190 bits per heavy atom. The van der Waals surface area contributed by atoms with Gasteiger partial charge in [-0.3, -0.25) is 0 Å². The average Bonchev–Trinajstić information content (AvgIpc) is 3.52. The molecule has 0 bridgehead atoms. The molecule has 356 valence electrons. The van der Waals surface area contributed by atoms with Gasteiger partial charge in [-0.15, -0.1) is 0 Å². The maximum atomic E-state index is 10.0. The van der Waals surface area contributed by atoms with Crippen LogP contribution in [0.2, 0.25) is 0 Å². The molecule has 7 nitrogen and oxygen atoms in total. The summed E-state index contributed by atoms with van der Waals surface area (Å²) in [7, 11) is 0. The van der Waals surface area contributed by atoms with E-state index >= 15 is 0 Å². The molecule has 7 heteroatoms. The first-order chi connectivity index (χ1) is 38.8. The summed E-state index contributed by atoms with van der Waals surface area (Å²) in [6, 6.07) is 73.5. The fourth-order valence-electron chi connectivity index (χ4n) is 7.91. The third-order valence-corrected chi connectivity index (χ3v) is 12.0. The van der Waals surface area contributed by atoms with Gasteiger partial charge in [0.1, 0.15) is 36.4 Å². The fraction of sp³-hybridized carbons (Fsp3) is 0. The summed E-state index contributed by atoms with van der Waals surface area (Å²) < 4.78 is 0. The van der Waals surface area contributed by atoms with Crippen molar-refractivity contribution in [1.29, 1.82) is 31.6 Å². The van der Waals surface area contributed by atoms with Gasteiger partial charge in [-0.05, 0) is 164 Å². The Labute approximate surface area is 459 Å². The number of rotatable bonds is 3. The number of benzene rings is 9. The van der Waals surface area contributed by atoms with E-state index in [4.69, 9.17) is 0 Å². The maximum Gasteiger partial charge on any atom is 0.100 e. The molecule has 79 heavy (non-hydrogen) atoms. The Morgan fingerprint density at radius 3 is 0.633 bits per heavy atom. The number of hydrogen-bond acceptors (Lipinski definition) is 7. The van der Waals surface area contributed by atoms with Crippen molar-refractivity contribution in [3.05, 3.63) is 300 Å². The van der Waals surface area contributed by atoms with Gasteiger partial charge in [-0.25, -0.2) is 0 Å². The summed E-state index contributed by atoms with van der Waals surface area (Å²) >= 11 is 0. The van der Waals surface area contributed by atoms with Crippen molar-refractivity contribution >= 4 is 17.1 Å². The SMILES string of the molecule is N#Cc1ccccc1C#Cc1ccc(C#Cc2ccc(N(c3ccc(C#Cc4ccc(C#Cc5ccccc5C#N)cc4C#N)cc3)c3ccc(C#Cc4ccc(C#Cc5ccccc5C#N)cc4C#N)cc3)cc2)c(C#N)c1. The molecule has 9 rings (SSSR count). The van der Waals surface area contributed by atoms with Crippen molar-refractivity contribution < 1.29 is 0 Å². The van der Waals surface area contributed by atoms with Gasteiger partial charge < -0.3 is 4.90 Å². The first-order valence-corrected chi connectivity index (χ1v) is 24.2. The largest absolute Gasteiger partial charge is 0.311 e. The van der Waals surface area contributed by atoms with Gasteiger partial charge in [0.2, 0.25) is 0 Å². The number of hydrogen-bond donors (Lipinski definition) is 0. The molecule has 0 radical (unpaired) electrons. The van der Waals surface area contributed by atoms with Crippen molar-refractivity contribution in [3.63, 3.8) is 0 Å². The van der Waals surface area contributed by atoms with Crippen LogP contribution in [-0.4, -0.2) is 0 Å². The third kappa shape index (κ3) is 12.6. The van der Waals surface area contributed by atoms with Crippen molar-refractivity contribution in [3.8, 4) is 107 Å². The van der Waals surface area contributed by atoms with Gasteiger partial charge in [0.25, 0.3) is 0 Å². The lowest BCUT2D eigenvalue weighted by atomic mass is 10.0. The minimum Gasteiger partial charge on any atom is -0.311 e. The highest BCUT2D eigenvalue weighted by molar-refractivity contribution is 5.78. The van der Waals surface area contributed by atoms with Crippen LogP contribution < -0.4 is 4.90 Å². The Balaban J connectivity index is 0.987. The normalized spacial score (nSPS) is 9.34. The quantitative estimate of drug-likeness (QED) is 0.160. The lowest BCUT2D eigenvalue weighted by molar-refractivity contribution is 1.28. The second kappa shape index (κ2) is 24.7. The minimum absolute atomic E-state index is 0.380. The summed E-state index contributed by atoms with van der Waals surface area (Å²) in [5, 5.41) is 58.4. The summed E-state index contributed by atoms with van der Waals surface area (Å²) in [4.78, 5) is 2.08. The Kier molecular flexibility index (Phi) is 15.9. The van der Waals surface area contributed by atoms with Crippen molar-refractivity contribution in [2.45, 2.75) is 0 Å². The summed E-state index contributed by atoms with van der Waals surface area (Å²) in [6.07, 6.45) is 0. The molecule has 0 heterocycles. The average molecular weight is 996 g/mol. The molecule has 0 saturated carbocycles. The van der Waals surface area contributed by atoms with E-state index in [0.29, 0.717) is 83.5 Å². The molecule has 0 aromatic heterocycles. The zero-order valence-electron chi connectivity index (χ0n) is 41.7. The number of anilines is 3. The molecule has 0 unspecified atom stereocenters. The zero-order valence-corrected chi connectivity index (χ0v) is 41.7. The molecule has 0 spiro atoms. The second-order valence-corrected chi connectivity index (χ2v) is 17.1. The van der Waals surface area contributed by atoms with E-state index in [1.807, 2.05) is 91.0 Å². The first-order valence-electron chi connectivity index (χ1n) is 24.2. The highest BCUT2D eigenvalue weighted by Crippen LogP contribution is 2.35. The highest BCUT2D eigenvalue weighted by atomic mass is 15.1. The number of nitrogens with zero attached hydrogens (tertiary/aromatic N) is 7. The molecule has 0 aliphatic carbocycles. The van der Waals surface area contributed by atoms with Gasteiger partial charge in [0, 0.05) is 83.8 Å². The molecular formula is C72H33N7. The van der Waals surface area contributed by atoms with Gasteiger partial charge in [0.05, 0.1) is 33.4 Å². The van der Waals surface area contributed by atoms with Gasteiger partial charge >= 0.3 is 0 Å². The first kappa shape index (κ1) is 51.0. The molecule has 0 saturated heterocycles. The fourth-order valence-corrected chi connectivity index (χ4v) is 7.91. The van der Waals surface area contributed by atoms with E-state index in [1.165, 1.54) is 0 Å². The van der Waals surface area contributed by atoms with E-state index in [0.717, 1.165) is 33.8 Å². The Hall–Kier alpha value is -12.9. The third-order valence-electron chi connectivity index (χ3n) is 12.0. The molecule has 0 aliphatic heterocycles. The van der Waals surface area contributed by atoms with Gasteiger partial charge in [-0.2, -0.15) is 31.6 Å². The highest BCUT2D eigenvalue weighted by Gasteiger charge is 2.13. The van der Waals surface area contributed by atoms with Crippen LogP contribution in [0.1, 0.15) is 100 Å². The van der Waals surface area contributed by atoms with Crippen LogP contribution in [-0.2, 0) is 0 Å². The summed E-state index contributed by atoms with van der Waals surface area (Å²) in [5.74, 6) is 37.3. The monoisotopic (exact) mass is 995 g/mol. The molecule has 0 amide bonds. The smallest absolute Gasteiger partial charge is 0.100 e. The van der Waals surface area contributed by atoms with E-state index in [2.05, 4.69) is 112 Å². The predicted molar refractivity (Wildman–Crippen MR) is 304 cm³/mol. The van der Waals surface area contributed by atoms with Crippen LogP contribution in [0.4, 0.5) is 17.1 Å². The number of nitriles is 6. The van der Waals surface area contributed by atoms with Crippen molar-refractivity contribution in [1.82, 2.24) is 0 Å². The Bertz CT molecular complexity index is 4110. The molecule has 0 atom stereocenters. The lowest BCUT2D eigenvalue weighted by Crippen LogP contribution is -2.10.